The second kappa shape index (κ2) is 5.89. The van der Waals surface area contributed by atoms with Gasteiger partial charge in [-0.3, -0.25) is 0 Å². The maximum absolute atomic E-state index is 11.9. The summed E-state index contributed by atoms with van der Waals surface area (Å²) in [6, 6.07) is 3.56. The largest absolute Gasteiger partial charge is 0.478 e. The number of hydrogen-bond acceptors (Lipinski definition) is 2. The highest BCUT2D eigenvalue weighted by molar-refractivity contribution is 5.20. The van der Waals surface area contributed by atoms with Gasteiger partial charge in [0.05, 0.1) is 6.61 Å². The molecule has 0 aliphatic carbocycles. The van der Waals surface area contributed by atoms with Crippen molar-refractivity contribution in [3.63, 3.8) is 0 Å². The molecule has 1 aromatic rings. The first-order chi connectivity index (χ1) is 7.88. The summed E-state index contributed by atoms with van der Waals surface area (Å²) >= 11 is 0. The molecule has 5 heteroatoms. The first-order valence-electron chi connectivity index (χ1n) is 5.54. The Morgan fingerprint density at radius 3 is 2.47 bits per heavy atom. The molecular formula is C12H16F3NO. The molecule has 17 heavy (non-hydrogen) atoms. The quantitative estimate of drug-likeness (QED) is 0.735. The van der Waals surface area contributed by atoms with Gasteiger partial charge in [0.2, 0.25) is 5.88 Å². The van der Waals surface area contributed by atoms with Crippen molar-refractivity contribution in [2.75, 3.05) is 6.61 Å². The van der Waals surface area contributed by atoms with Crippen LogP contribution in [0.4, 0.5) is 13.2 Å². The predicted octanol–water partition coefficient (Wildman–Crippen LogP) is 3.93. The zero-order valence-corrected chi connectivity index (χ0v) is 9.92. The van der Waals surface area contributed by atoms with E-state index in [2.05, 4.69) is 4.98 Å². The lowest BCUT2D eigenvalue weighted by molar-refractivity contribution is -0.136. The fourth-order valence-electron chi connectivity index (χ4n) is 1.27. The van der Waals surface area contributed by atoms with Crippen molar-refractivity contribution in [1.82, 2.24) is 4.98 Å². The molecule has 1 heterocycles. The predicted molar refractivity (Wildman–Crippen MR) is 59.1 cm³/mol. The molecule has 0 bridgehead atoms. The van der Waals surface area contributed by atoms with E-state index in [0.29, 0.717) is 11.8 Å². The van der Waals surface area contributed by atoms with Crippen molar-refractivity contribution in [2.24, 2.45) is 0 Å². The zero-order valence-electron chi connectivity index (χ0n) is 9.92. The Morgan fingerprint density at radius 2 is 2.00 bits per heavy atom. The van der Waals surface area contributed by atoms with Gasteiger partial charge in [-0.1, -0.05) is 19.9 Å². The van der Waals surface area contributed by atoms with Gasteiger partial charge in [-0.05, 0) is 17.9 Å². The maximum Gasteiger partial charge on any atom is 0.389 e. The molecule has 0 unspecified atom stereocenters. The Bertz CT molecular complexity index is 333. The zero-order chi connectivity index (χ0) is 12.9. The third-order valence-corrected chi connectivity index (χ3v) is 2.28. The van der Waals surface area contributed by atoms with Crippen molar-refractivity contribution in [2.45, 2.75) is 38.8 Å². The van der Waals surface area contributed by atoms with E-state index in [-0.39, 0.29) is 13.0 Å². The van der Waals surface area contributed by atoms with Crippen LogP contribution in [0.2, 0.25) is 0 Å². The molecular weight excluding hydrogens is 231 g/mol. The van der Waals surface area contributed by atoms with E-state index in [4.69, 9.17) is 4.74 Å². The van der Waals surface area contributed by atoms with Gasteiger partial charge < -0.3 is 4.74 Å². The normalized spacial score (nSPS) is 11.9. The van der Waals surface area contributed by atoms with Gasteiger partial charge in [-0.15, -0.1) is 0 Å². The minimum atomic E-state index is -4.11. The lowest BCUT2D eigenvalue weighted by Crippen LogP contribution is -2.10. The fourth-order valence-corrected chi connectivity index (χ4v) is 1.27. The van der Waals surface area contributed by atoms with Crippen LogP contribution in [-0.2, 0) is 0 Å². The molecule has 0 atom stereocenters. The second-order valence-electron chi connectivity index (χ2n) is 4.15. The third kappa shape index (κ3) is 5.56. The number of ether oxygens (including phenoxy) is 1. The molecule has 0 aliphatic rings. The molecule has 96 valence electrons. The minimum Gasteiger partial charge on any atom is -0.478 e. The molecule has 0 saturated carbocycles. The second-order valence-corrected chi connectivity index (χ2v) is 4.15. The molecule has 0 amide bonds. The Morgan fingerprint density at radius 1 is 1.29 bits per heavy atom. The van der Waals surface area contributed by atoms with Gasteiger partial charge in [-0.2, -0.15) is 13.2 Å². The van der Waals surface area contributed by atoms with Gasteiger partial charge in [0.25, 0.3) is 0 Å². The van der Waals surface area contributed by atoms with E-state index in [1.807, 2.05) is 19.9 Å². The average molecular weight is 247 g/mol. The molecule has 0 fully saturated rings. The topological polar surface area (TPSA) is 22.1 Å². The van der Waals surface area contributed by atoms with E-state index in [1.54, 1.807) is 12.3 Å². The molecule has 0 aromatic carbocycles. The summed E-state index contributed by atoms with van der Waals surface area (Å²) < 4.78 is 40.7. The summed E-state index contributed by atoms with van der Waals surface area (Å²) in [6.45, 7) is 4.12. The van der Waals surface area contributed by atoms with E-state index < -0.39 is 12.6 Å². The van der Waals surface area contributed by atoms with Gasteiger partial charge in [0.1, 0.15) is 0 Å². The molecule has 1 aromatic heterocycles. The minimum absolute atomic E-state index is 0.0353. The summed E-state index contributed by atoms with van der Waals surface area (Å²) in [5, 5.41) is 0. The van der Waals surface area contributed by atoms with Gasteiger partial charge in [0, 0.05) is 18.7 Å². The van der Waals surface area contributed by atoms with Crippen LogP contribution in [0.1, 0.15) is 38.2 Å². The number of rotatable bonds is 5. The van der Waals surface area contributed by atoms with Crippen molar-refractivity contribution in [3.8, 4) is 5.88 Å². The van der Waals surface area contributed by atoms with Crippen LogP contribution in [0.5, 0.6) is 5.88 Å². The van der Waals surface area contributed by atoms with Crippen molar-refractivity contribution >= 4 is 0 Å². The van der Waals surface area contributed by atoms with Gasteiger partial charge in [-0.25, -0.2) is 4.98 Å². The standard InChI is InChI=1S/C12H16F3NO/c1-9(2)10-4-5-11(16-8-10)17-7-3-6-12(13,14)15/h4-5,8-9H,3,6-7H2,1-2H3. The van der Waals surface area contributed by atoms with Gasteiger partial charge >= 0.3 is 6.18 Å². The first-order valence-corrected chi connectivity index (χ1v) is 5.54. The monoisotopic (exact) mass is 247 g/mol. The Kier molecular flexibility index (Phi) is 4.78. The number of pyridine rings is 1. The number of hydrogen-bond donors (Lipinski definition) is 0. The van der Waals surface area contributed by atoms with E-state index in [9.17, 15) is 13.2 Å². The Balaban J connectivity index is 2.33. The number of aromatic nitrogens is 1. The van der Waals surface area contributed by atoms with Crippen LogP contribution >= 0.6 is 0 Å². The van der Waals surface area contributed by atoms with Gasteiger partial charge in [0.15, 0.2) is 0 Å². The summed E-state index contributed by atoms with van der Waals surface area (Å²) in [5.74, 6) is 0.748. The van der Waals surface area contributed by atoms with Crippen molar-refractivity contribution in [3.05, 3.63) is 23.9 Å². The summed E-state index contributed by atoms with van der Waals surface area (Å²) in [4.78, 5) is 4.03. The maximum atomic E-state index is 11.9. The Labute approximate surface area is 98.8 Å². The van der Waals surface area contributed by atoms with E-state index in [0.717, 1.165) is 5.56 Å². The van der Waals surface area contributed by atoms with Crippen LogP contribution in [0.25, 0.3) is 0 Å². The molecule has 0 N–H and O–H groups in total. The molecule has 0 radical (unpaired) electrons. The van der Waals surface area contributed by atoms with Crippen LogP contribution in [-0.4, -0.2) is 17.8 Å². The lowest BCUT2D eigenvalue weighted by Gasteiger charge is -2.09. The molecule has 0 spiro atoms. The Hall–Kier alpha value is -1.26. The van der Waals surface area contributed by atoms with E-state index in [1.165, 1.54) is 0 Å². The highest BCUT2D eigenvalue weighted by atomic mass is 19.4. The van der Waals surface area contributed by atoms with Crippen molar-refractivity contribution in [1.29, 1.82) is 0 Å². The summed E-state index contributed by atoms with van der Waals surface area (Å²) in [6.07, 6.45) is -3.30. The summed E-state index contributed by atoms with van der Waals surface area (Å²) in [7, 11) is 0. The van der Waals surface area contributed by atoms with E-state index >= 15 is 0 Å². The number of alkyl halides is 3. The smallest absolute Gasteiger partial charge is 0.389 e. The van der Waals surface area contributed by atoms with Crippen LogP contribution in [0.3, 0.4) is 0 Å². The summed E-state index contributed by atoms with van der Waals surface area (Å²) in [5.41, 5.74) is 1.08. The molecule has 0 saturated heterocycles. The highest BCUT2D eigenvalue weighted by Gasteiger charge is 2.26. The lowest BCUT2D eigenvalue weighted by atomic mass is 10.1. The molecule has 2 nitrogen and oxygen atoms in total. The fraction of sp³-hybridized carbons (Fsp3) is 0.583. The number of halogens is 3. The SMILES string of the molecule is CC(C)c1ccc(OCCCC(F)(F)F)nc1. The average Bonchev–Trinajstić information content (AvgIpc) is 2.24. The van der Waals surface area contributed by atoms with Crippen LogP contribution in [0.15, 0.2) is 18.3 Å². The van der Waals surface area contributed by atoms with Crippen molar-refractivity contribution < 1.29 is 17.9 Å². The first kappa shape index (κ1) is 13.8. The third-order valence-electron chi connectivity index (χ3n) is 2.28. The number of nitrogens with zero attached hydrogens (tertiary/aromatic N) is 1. The molecule has 0 aliphatic heterocycles. The molecule has 1 rings (SSSR count). The van der Waals surface area contributed by atoms with Crippen LogP contribution < -0.4 is 4.74 Å². The van der Waals surface area contributed by atoms with Crippen LogP contribution in [0, 0.1) is 0 Å². The highest BCUT2D eigenvalue weighted by Crippen LogP contribution is 2.21.